The quantitative estimate of drug-likeness (QED) is 0.866. The number of hydrogen-bond donors (Lipinski definition) is 1. The first-order valence-corrected chi connectivity index (χ1v) is 6.66. The molecule has 0 atom stereocenters. The van der Waals surface area contributed by atoms with Crippen molar-refractivity contribution in [2.24, 2.45) is 5.73 Å². The Morgan fingerprint density at radius 3 is 2.18 bits per heavy atom. The Balaban J connectivity index is 1.99. The van der Waals surface area contributed by atoms with Crippen LogP contribution in [0.4, 0.5) is 0 Å². The number of likely N-dealkylation sites (tertiary alicyclic amines) is 1. The van der Waals surface area contributed by atoms with Gasteiger partial charge in [-0.2, -0.15) is 0 Å². The van der Waals surface area contributed by atoms with Crippen LogP contribution in [0.15, 0.2) is 24.3 Å². The summed E-state index contributed by atoms with van der Waals surface area (Å²) in [6.45, 7) is 4.45. The zero-order valence-electron chi connectivity index (χ0n) is 11.1. The first kappa shape index (κ1) is 12.6. The maximum Gasteiger partial charge on any atom is 0.0219 e. The zero-order chi connectivity index (χ0) is 12.3. The molecule has 0 unspecified atom stereocenters. The van der Waals surface area contributed by atoms with E-state index in [0.717, 1.165) is 38.8 Å². The van der Waals surface area contributed by atoms with Gasteiger partial charge in [-0.1, -0.05) is 31.2 Å². The minimum absolute atomic E-state index is 0.0141. The highest BCUT2D eigenvalue weighted by Gasteiger charge is 2.29. The van der Waals surface area contributed by atoms with E-state index in [1.165, 1.54) is 11.1 Å². The summed E-state index contributed by atoms with van der Waals surface area (Å²) in [5.41, 5.74) is 9.30. The van der Waals surface area contributed by atoms with Gasteiger partial charge in [-0.15, -0.1) is 0 Å². The summed E-state index contributed by atoms with van der Waals surface area (Å²) in [6, 6.07) is 8.94. The van der Waals surface area contributed by atoms with Crippen LogP contribution in [0.5, 0.6) is 0 Å². The van der Waals surface area contributed by atoms with Gasteiger partial charge in [-0.05, 0) is 56.9 Å². The van der Waals surface area contributed by atoms with Crippen molar-refractivity contribution in [3.05, 3.63) is 35.4 Å². The van der Waals surface area contributed by atoms with E-state index in [0.29, 0.717) is 0 Å². The van der Waals surface area contributed by atoms with Crippen LogP contribution < -0.4 is 5.73 Å². The second-order valence-electron chi connectivity index (χ2n) is 5.51. The van der Waals surface area contributed by atoms with Crippen molar-refractivity contribution in [1.82, 2.24) is 4.90 Å². The third kappa shape index (κ3) is 3.30. The number of piperidine rings is 1. The molecule has 2 N–H and O–H groups in total. The maximum atomic E-state index is 6.50. The molecule has 2 nitrogen and oxygen atoms in total. The fourth-order valence-electron chi connectivity index (χ4n) is 2.54. The molecule has 0 amide bonds. The first-order valence-electron chi connectivity index (χ1n) is 6.66. The molecule has 94 valence electrons. The Morgan fingerprint density at radius 1 is 1.12 bits per heavy atom. The molecule has 1 aromatic carbocycles. The molecule has 1 aliphatic rings. The molecule has 1 saturated heterocycles. The predicted molar refractivity (Wildman–Crippen MR) is 73.2 cm³/mol. The van der Waals surface area contributed by atoms with E-state index in [1.807, 2.05) is 0 Å². The predicted octanol–water partition coefficient (Wildman–Crippen LogP) is 2.21. The second kappa shape index (κ2) is 5.19. The van der Waals surface area contributed by atoms with E-state index in [9.17, 15) is 0 Å². The van der Waals surface area contributed by atoms with Crippen molar-refractivity contribution in [3.63, 3.8) is 0 Å². The molecule has 1 aromatic rings. The molecular formula is C15H24N2. The number of benzene rings is 1. The highest BCUT2D eigenvalue weighted by atomic mass is 15.1. The molecular weight excluding hydrogens is 208 g/mol. The van der Waals surface area contributed by atoms with E-state index < -0.39 is 0 Å². The number of nitrogens with two attached hydrogens (primary N) is 1. The first-order chi connectivity index (χ1) is 8.11. The van der Waals surface area contributed by atoms with Crippen molar-refractivity contribution < 1.29 is 0 Å². The van der Waals surface area contributed by atoms with Crippen LogP contribution in [0.25, 0.3) is 0 Å². The van der Waals surface area contributed by atoms with Crippen LogP contribution in [0.1, 0.15) is 30.9 Å². The third-order valence-corrected chi connectivity index (χ3v) is 3.97. The third-order valence-electron chi connectivity index (χ3n) is 3.97. The molecule has 0 bridgehead atoms. The van der Waals surface area contributed by atoms with E-state index in [2.05, 4.69) is 43.1 Å². The van der Waals surface area contributed by atoms with Crippen molar-refractivity contribution in [3.8, 4) is 0 Å². The molecule has 17 heavy (non-hydrogen) atoms. The topological polar surface area (TPSA) is 29.3 Å². The van der Waals surface area contributed by atoms with Gasteiger partial charge in [-0.3, -0.25) is 0 Å². The van der Waals surface area contributed by atoms with Crippen LogP contribution in [0, 0.1) is 0 Å². The van der Waals surface area contributed by atoms with Gasteiger partial charge in [0, 0.05) is 5.54 Å². The minimum Gasteiger partial charge on any atom is -0.325 e. The normalized spacial score (nSPS) is 20.4. The van der Waals surface area contributed by atoms with Gasteiger partial charge in [0.2, 0.25) is 0 Å². The summed E-state index contributed by atoms with van der Waals surface area (Å²) in [5.74, 6) is 0. The SMILES string of the molecule is CCc1ccc(CC2(N)CCN(C)CC2)cc1. The lowest BCUT2D eigenvalue weighted by molar-refractivity contribution is 0.190. The average molecular weight is 232 g/mol. The largest absolute Gasteiger partial charge is 0.325 e. The van der Waals surface area contributed by atoms with Crippen molar-refractivity contribution in [1.29, 1.82) is 0 Å². The van der Waals surface area contributed by atoms with Gasteiger partial charge in [-0.25, -0.2) is 0 Å². The molecule has 1 fully saturated rings. The highest BCUT2D eigenvalue weighted by Crippen LogP contribution is 2.23. The molecule has 0 spiro atoms. The van der Waals surface area contributed by atoms with E-state index in [1.54, 1.807) is 0 Å². The monoisotopic (exact) mass is 232 g/mol. The Bertz CT molecular complexity index is 348. The Labute approximate surface area is 105 Å². The highest BCUT2D eigenvalue weighted by molar-refractivity contribution is 5.24. The number of rotatable bonds is 3. The summed E-state index contributed by atoms with van der Waals surface area (Å²) in [6.07, 6.45) is 4.35. The summed E-state index contributed by atoms with van der Waals surface area (Å²) in [7, 11) is 2.18. The van der Waals surface area contributed by atoms with Gasteiger partial charge >= 0.3 is 0 Å². The molecule has 0 radical (unpaired) electrons. The average Bonchev–Trinajstić information content (AvgIpc) is 2.34. The molecule has 0 saturated carbocycles. The summed E-state index contributed by atoms with van der Waals surface area (Å²) in [5, 5.41) is 0. The van der Waals surface area contributed by atoms with Crippen LogP contribution in [0.2, 0.25) is 0 Å². The summed E-state index contributed by atoms with van der Waals surface area (Å²) in [4.78, 5) is 2.37. The number of hydrogen-bond acceptors (Lipinski definition) is 2. The van der Waals surface area contributed by atoms with Crippen LogP contribution in [-0.4, -0.2) is 30.6 Å². The van der Waals surface area contributed by atoms with Crippen molar-refractivity contribution in [2.75, 3.05) is 20.1 Å². The Hall–Kier alpha value is -0.860. The van der Waals surface area contributed by atoms with Crippen molar-refractivity contribution in [2.45, 2.75) is 38.1 Å². The van der Waals surface area contributed by atoms with Gasteiger partial charge in [0.1, 0.15) is 0 Å². The standard InChI is InChI=1S/C15H24N2/c1-3-13-4-6-14(7-5-13)12-15(16)8-10-17(2)11-9-15/h4-7H,3,8-12,16H2,1-2H3. The molecule has 0 aromatic heterocycles. The van der Waals surface area contributed by atoms with E-state index in [-0.39, 0.29) is 5.54 Å². The van der Waals surface area contributed by atoms with Crippen LogP contribution >= 0.6 is 0 Å². The fraction of sp³-hybridized carbons (Fsp3) is 0.600. The minimum atomic E-state index is 0.0141. The van der Waals surface area contributed by atoms with Crippen molar-refractivity contribution >= 4 is 0 Å². The number of nitrogens with zero attached hydrogens (tertiary/aromatic N) is 1. The summed E-state index contributed by atoms with van der Waals surface area (Å²) >= 11 is 0. The number of aryl methyl sites for hydroxylation is 1. The van der Waals surface area contributed by atoms with E-state index >= 15 is 0 Å². The van der Waals surface area contributed by atoms with Crippen LogP contribution in [-0.2, 0) is 12.8 Å². The van der Waals surface area contributed by atoms with E-state index in [4.69, 9.17) is 5.73 Å². The maximum absolute atomic E-state index is 6.50. The smallest absolute Gasteiger partial charge is 0.0219 e. The van der Waals surface area contributed by atoms with Gasteiger partial charge in [0.25, 0.3) is 0 Å². The zero-order valence-corrected chi connectivity index (χ0v) is 11.1. The molecule has 1 heterocycles. The van der Waals surface area contributed by atoms with Gasteiger partial charge in [0.15, 0.2) is 0 Å². The van der Waals surface area contributed by atoms with Crippen LogP contribution in [0.3, 0.4) is 0 Å². The fourth-order valence-corrected chi connectivity index (χ4v) is 2.54. The lowest BCUT2D eigenvalue weighted by atomic mass is 9.83. The lowest BCUT2D eigenvalue weighted by Crippen LogP contribution is -2.50. The molecule has 1 aliphatic heterocycles. The Morgan fingerprint density at radius 2 is 1.65 bits per heavy atom. The second-order valence-corrected chi connectivity index (χ2v) is 5.51. The molecule has 2 heteroatoms. The van der Waals surface area contributed by atoms with Gasteiger partial charge in [0.05, 0.1) is 0 Å². The Kier molecular flexibility index (Phi) is 3.85. The van der Waals surface area contributed by atoms with Gasteiger partial charge < -0.3 is 10.6 Å². The lowest BCUT2D eigenvalue weighted by Gasteiger charge is -2.37. The molecule has 0 aliphatic carbocycles. The molecule has 2 rings (SSSR count). The summed E-state index contributed by atoms with van der Waals surface area (Å²) < 4.78 is 0.